The van der Waals surface area contributed by atoms with Crippen LogP contribution in [0.5, 0.6) is 23.1 Å². The smallest absolute Gasteiger partial charge is 0.271 e. The lowest BCUT2D eigenvalue weighted by molar-refractivity contribution is 0.103. The van der Waals surface area contributed by atoms with Crippen LogP contribution >= 0.6 is 0 Å². The Morgan fingerprint density at radius 1 is 1.21 bits per heavy atom. The molecule has 4 rings (SSSR count). The molecule has 1 N–H and O–H groups in total. The van der Waals surface area contributed by atoms with Gasteiger partial charge in [-0.3, -0.25) is 14.2 Å². The van der Waals surface area contributed by atoms with Gasteiger partial charge in [-0.1, -0.05) is 25.1 Å². The number of benzene rings is 2. The Hall–Kier alpha value is -4.25. The summed E-state index contributed by atoms with van der Waals surface area (Å²) in [6.07, 6.45) is 0.756. The van der Waals surface area contributed by atoms with Gasteiger partial charge in [0.1, 0.15) is 17.4 Å². The van der Waals surface area contributed by atoms with Crippen molar-refractivity contribution in [1.82, 2.24) is 4.57 Å². The first kappa shape index (κ1) is 22.0. The number of fused-ring (bicyclic) bond motifs is 1. The van der Waals surface area contributed by atoms with E-state index in [9.17, 15) is 20.0 Å². The first-order chi connectivity index (χ1) is 16.0. The molecule has 0 amide bonds. The molecule has 0 saturated carbocycles. The fraction of sp³-hybridized carbons (Fsp3) is 0.240. The lowest BCUT2D eigenvalue weighted by Crippen LogP contribution is -2.27. The summed E-state index contributed by atoms with van der Waals surface area (Å²) in [6, 6.07) is 13.7. The molecule has 3 aromatic rings. The Bertz CT molecular complexity index is 1340. The summed E-state index contributed by atoms with van der Waals surface area (Å²) in [5.74, 6) is 0.426. The van der Waals surface area contributed by atoms with Gasteiger partial charge in [-0.2, -0.15) is 5.26 Å². The van der Waals surface area contributed by atoms with E-state index in [0.29, 0.717) is 29.4 Å². The van der Waals surface area contributed by atoms with E-state index in [1.165, 1.54) is 6.92 Å². The van der Waals surface area contributed by atoms with Gasteiger partial charge in [0.25, 0.3) is 5.56 Å². The quantitative estimate of drug-likeness (QED) is 0.553. The van der Waals surface area contributed by atoms with Crippen molar-refractivity contribution < 1.29 is 24.1 Å². The van der Waals surface area contributed by atoms with Gasteiger partial charge in [-0.05, 0) is 48.7 Å². The Morgan fingerprint density at radius 2 is 1.97 bits per heavy atom. The van der Waals surface area contributed by atoms with Crippen molar-refractivity contribution in [3.8, 4) is 29.2 Å². The van der Waals surface area contributed by atoms with Crippen molar-refractivity contribution in [2.24, 2.45) is 0 Å². The summed E-state index contributed by atoms with van der Waals surface area (Å²) < 4.78 is 17.4. The van der Waals surface area contributed by atoms with E-state index in [-0.39, 0.29) is 35.6 Å². The minimum atomic E-state index is -0.683. The van der Waals surface area contributed by atoms with Gasteiger partial charge in [-0.25, -0.2) is 0 Å². The van der Waals surface area contributed by atoms with Crippen LogP contribution in [0.25, 0.3) is 0 Å². The molecule has 2 heterocycles. The van der Waals surface area contributed by atoms with Crippen LogP contribution in [0.15, 0.2) is 47.3 Å². The van der Waals surface area contributed by atoms with Crippen molar-refractivity contribution in [3.05, 3.63) is 80.6 Å². The zero-order valence-electron chi connectivity index (χ0n) is 18.3. The van der Waals surface area contributed by atoms with Crippen LogP contribution in [-0.4, -0.2) is 28.9 Å². The van der Waals surface area contributed by atoms with Crippen LogP contribution in [0, 0.1) is 18.3 Å². The van der Waals surface area contributed by atoms with Gasteiger partial charge in [0.2, 0.25) is 18.5 Å². The number of hydrogen-bond acceptors (Lipinski definition) is 7. The van der Waals surface area contributed by atoms with Crippen LogP contribution in [0.3, 0.4) is 0 Å². The Balaban J connectivity index is 1.82. The number of aromatic nitrogens is 1. The first-order valence-corrected chi connectivity index (χ1v) is 10.5. The van der Waals surface area contributed by atoms with E-state index in [0.717, 1.165) is 11.0 Å². The molecular formula is C25H22N2O6. The highest BCUT2D eigenvalue weighted by molar-refractivity contribution is 6.13. The summed E-state index contributed by atoms with van der Waals surface area (Å²) in [5.41, 5.74) is -0.00579. The van der Waals surface area contributed by atoms with Crippen molar-refractivity contribution >= 4 is 5.78 Å². The molecule has 0 spiro atoms. The van der Waals surface area contributed by atoms with Crippen LogP contribution in [0.1, 0.15) is 46.0 Å². The van der Waals surface area contributed by atoms with Gasteiger partial charge >= 0.3 is 0 Å². The summed E-state index contributed by atoms with van der Waals surface area (Å²) >= 11 is 0. The van der Waals surface area contributed by atoms with Crippen molar-refractivity contribution in [3.63, 3.8) is 0 Å². The number of ether oxygens (including phenoxy) is 3. The lowest BCUT2D eigenvalue weighted by Gasteiger charge is -2.17. The highest BCUT2D eigenvalue weighted by Crippen LogP contribution is 2.34. The number of carbonyl (C=O) groups is 1. The van der Waals surface area contributed by atoms with E-state index in [1.807, 2.05) is 13.0 Å². The summed E-state index contributed by atoms with van der Waals surface area (Å²) in [7, 11) is 0. The SMILES string of the molecule is CCCOc1ccccc1C(=O)c1c(C)c(C#N)c(=O)n(Cc2ccc3c(c2)OCO3)c1O. The predicted molar refractivity (Wildman–Crippen MR) is 119 cm³/mol. The molecule has 1 aliphatic heterocycles. The molecule has 0 bridgehead atoms. The molecule has 0 atom stereocenters. The minimum Gasteiger partial charge on any atom is -0.494 e. The largest absolute Gasteiger partial charge is 0.494 e. The molecule has 0 fully saturated rings. The standard InChI is InChI=1S/C25H22N2O6/c1-3-10-31-19-7-5-4-6-17(19)23(28)22-15(2)18(12-26)24(29)27(25(22)30)13-16-8-9-20-21(11-16)33-14-32-20/h4-9,11,30H,3,10,13-14H2,1-2H3. The molecule has 1 aromatic heterocycles. The second kappa shape index (κ2) is 9.09. The Kier molecular flexibility index (Phi) is 6.05. The molecule has 0 unspecified atom stereocenters. The summed E-state index contributed by atoms with van der Waals surface area (Å²) in [5, 5.41) is 20.7. The maximum absolute atomic E-state index is 13.5. The Morgan fingerprint density at radius 3 is 2.73 bits per heavy atom. The molecule has 0 radical (unpaired) electrons. The van der Waals surface area contributed by atoms with E-state index in [4.69, 9.17) is 14.2 Å². The van der Waals surface area contributed by atoms with Crippen molar-refractivity contribution in [1.29, 1.82) is 5.26 Å². The third-order valence-corrected chi connectivity index (χ3v) is 5.40. The maximum atomic E-state index is 13.5. The fourth-order valence-corrected chi connectivity index (χ4v) is 3.72. The predicted octanol–water partition coefficient (Wildman–Crippen LogP) is 3.53. The Labute approximate surface area is 190 Å². The van der Waals surface area contributed by atoms with Crippen molar-refractivity contribution in [2.45, 2.75) is 26.8 Å². The highest BCUT2D eigenvalue weighted by atomic mass is 16.7. The van der Waals surface area contributed by atoms with E-state index in [1.54, 1.807) is 42.5 Å². The van der Waals surface area contributed by atoms with Crippen LogP contribution in [0.4, 0.5) is 0 Å². The second-order valence-electron chi connectivity index (χ2n) is 7.56. The number of nitriles is 1. The number of pyridine rings is 1. The van der Waals surface area contributed by atoms with Gasteiger partial charge in [0.15, 0.2) is 11.5 Å². The zero-order chi connectivity index (χ0) is 23.5. The third-order valence-electron chi connectivity index (χ3n) is 5.40. The minimum absolute atomic E-state index is 0.0650. The molecule has 8 heteroatoms. The number of para-hydroxylation sites is 1. The number of rotatable bonds is 7. The highest BCUT2D eigenvalue weighted by Gasteiger charge is 2.27. The maximum Gasteiger partial charge on any atom is 0.271 e. The molecule has 8 nitrogen and oxygen atoms in total. The van der Waals surface area contributed by atoms with E-state index >= 15 is 0 Å². The molecule has 168 valence electrons. The number of nitrogens with zero attached hydrogens (tertiary/aromatic N) is 2. The van der Waals surface area contributed by atoms with Gasteiger partial charge in [-0.15, -0.1) is 0 Å². The third kappa shape index (κ3) is 4.01. The molecule has 0 aliphatic carbocycles. The van der Waals surface area contributed by atoms with E-state index in [2.05, 4.69) is 0 Å². The first-order valence-electron chi connectivity index (χ1n) is 10.5. The van der Waals surface area contributed by atoms with Crippen LogP contribution in [0.2, 0.25) is 0 Å². The molecule has 0 saturated heterocycles. The normalized spacial score (nSPS) is 11.8. The summed E-state index contributed by atoms with van der Waals surface area (Å²) in [6.45, 7) is 3.89. The van der Waals surface area contributed by atoms with Gasteiger partial charge in [0, 0.05) is 0 Å². The number of ketones is 1. The van der Waals surface area contributed by atoms with Crippen LogP contribution < -0.4 is 19.8 Å². The number of hydrogen-bond donors (Lipinski definition) is 1. The summed E-state index contributed by atoms with van der Waals surface area (Å²) in [4.78, 5) is 26.5. The van der Waals surface area contributed by atoms with E-state index < -0.39 is 17.2 Å². The van der Waals surface area contributed by atoms with Gasteiger partial charge < -0.3 is 19.3 Å². The molecule has 2 aromatic carbocycles. The van der Waals surface area contributed by atoms with Crippen LogP contribution in [-0.2, 0) is 6.54 Å². The van der Waals surface area contributed by atoms with Crippen molar-refractivity contribution in [2.75, 3.05) is 13.4 Å². The zero-order valence-corrected chi connectivity index (χ0v) is 18.3. The monoisotopic (exact) mass is 446 g/mol. The average molecular weight is 446 g/mol. The molecule has 33 heavy (non-hydrogen) atoms. The number of carbonyl (C=O) groups excluding carboxylic acids is 1. The number of aromatic hydroxyl groups is 1. The topological polar surface area (TPSA) is 111 Å². The lowest BCUT2D eigenvalue weighted by atomic mass is 9.96. The average Bonchev–Trinajstić information content (AvgIpc) is 3.29. The fourth-order valence-electron chi connectivity index (χ4n) is 3.72. The molecule has 1 aliphatic rings. The van der Waals surface area contributed by atoms with Gasteiger partial charge in [0.05, 0.1) is 24.3 Å². The molecular weight excluding hydrogens is 424 g/mol. The second-order valence-corrected chi connectivity index (χ2v) is 7.56.